The Morgan fingerprint density at radius 2 is 1.83 bits per heavy atom. The maximum atomic E-state index is 13.3. The molecule has 1 aromatic heterocycles. The van der Waals surface area contributed by atoms with E-state index in [-0.39, 0.29) is 15.6 Å². The van der Waals surface area contributed by atoms with Crippen molar-refractivity contribution in [2.24, 2.45) is 0 Å². The zero-order valence-corrected chi connectivity index (χ0v) is 18.5. The summed E-state index contributed by atoms with van der Waals surface area (Å²) in [5.41, 5.74) is 1.10. The maximum Gasteiger partial charge on any atom is 0.256 e. The molecule has 0 aliphatic heterocycles. The van der Waals surface area contributed by atoms with Crippen molar-refractivity contribution in [3.63, 3.8) is 0 Å². The lowest BCUT2D eigenvalue weighted by Gasteiger charge is -2.15. The molecule has 2 aromatic carbocycles. The van der Waals surface area contributed by atoms with Gasteiger partial charge in [-0.15, -0.1) is 11.3 Å². The van der Waals surface area contributed by atoms with E-state index in [1.54, 1.807) is 6.08 Å². The summed E-state index contributed by atoms with van der Waals surface area (Å²) in [6.45, 7) is 0. The number of anilines is 1. The molecule has 3 rings (SSSR count). The number of amides is 1. The fourth-order valence-corrected chi connectivity index (χ4v) is 4.65. The largest absolute Gasteiger partial charge is 0.322 e. The first-order chi connectivity index (χ1) is 14.2. The van der Waals surface area contributed by atoms with Crippen LogP contribution >= 0.6 is 22.9 Å². The van der Waals surface area contributed by atoms with Crippen molar-refractivity contribution in [3.8, 4) is 0 Å². The molecule has 1 amide bonds. The molecule has 0 aliphatic carbocycles. The predicted octanol–water partition coefficient (Wildman–Crippen LogP) is 4.97. The zero-order valence-electron chi connectivity index (χ0n) is 16.1. The van der Waals surface area contributed by atoms with Crippen LogP contribution in [-0.4, -0.2) is 32.7 Å². The van der Waals surface area contributed by atoms with Gasteiger partial charge >= 0.3 is 0 Å². The number of benzene rings is 2. The average molecular weight is 465 g/mol. The third-order valence-electron chi connectivity index (χ3n) is 4.18. The summed E-state index contributed by atoms with van der Waals surface area (Å²) in [4.78, 5) is 13.8. The van der Waals surface area contributed by atoms with Gasteiger partial charge in [0.1, 0.15) is 10.7 Å². The Morgan fingerprint density at radius 3 is 2.43 bits per heavy atom. The van der Waals surface area contributed by atoms with Crippen molar-refractivity contribution in [2.45, 2.75) is 4.90 Å². The number of thiophene rings is 1. The van der Waals surface area contributed by atoms with Crippen LogP contribution in [0.1, 0.15) is 10.4 Å². The SMILES string of the molecule is CN(C)S(=O)(=O)c1cc(NC(=O)C(=Cc2cccs2)c2ccc(F)cc2)ccc1Cl. The molecule has 1 N–H and O–H groups in total. The number of carbonyl (C=O) groups is 1. The van der Waals surface area contributed by atoms with Crippen molar-refractivity contribution in [1.29, 1.82) is 0 Å². The Labute approximate surface area is 183 Å². The lowest BCUT2D eigenvalue weighted by atomic mass is 10.0. The molecule has 0 atom stereocenters. The third kappa shape index (κ3) is 4.96. The molecule has 0 unspecified atom stereocenters. The first-order valence-electron chi connectivity index (χ1n) is 8.73. The number of nitrogens with one attached hydrogen (secondary N) is 1. The summed E-state index contributed by atoms with van der Waals surface area (Å²) < 4.78 is 39.3. The molecule has 0 radical (unpaired) electrons. The second-order valence-corrected chi connectivity index (χ2v) is 9.97. The van der Waals surface area contributed by atoms with E-state index in [0.29, 0.717) is 11.1 Å². The normalized spacial score (nSPS) is 12.2. The van der Waals surface area contributed by atoms with Gasteiger partial charge < -0.3 is 5.32 Å². The number of rotatable bonds is 6. The molecule has 156 valence electrons. The topological polar surface area (TPSA) is 66.5 Å². The molecule has 3 aromatic rings. The van der Waals surface area contributed by atoms with Gasteiger partial charge in [0.25, 0.3) is 5.91 Å². The van der Waals surface area contributed by atoms with Crippen molar-refractivity contribution < 1.29 is 17.6 Å². The molecule has 0 spiro atoms. The Bertz CT molecular complexity index is 1190. The highest BCUT2D eigenvalue weighted by Crippen LogP contribution is 2.28. The van der Waals surface area contributed by atoms with Gasteiger partial charge in [-0.2, -0.15) is 0 Å². The molecule has 0 saturated heterocycles. The second-order valence-electron chi connectivity index (χ2n) is 6.47. The Balaban J connectivity index is 1.98. The fourth-order valence-electron chi connectivity index (χ4n) is 2.60. The van der Waals surface area contributed by atoms with Gasteiger partial charge in [0, 0.05) is 30.2 Å². The lowest BCUT2D eigenvalue weighted by Crippen LogP contribution is -2.23. The van der Waals surface area contributed by atoms with Crippen LogP contribution in [0.4, 0.5) is 10.1 Å². The Kier molecular flexibility index (Phi) is 6.72. The molecule has 30 heavy (non-hydrogen) atoms. The summed E-state index contributed by atoms with van der Waals surface area (Å²) in [5.74, 6) is -0.878. The van der Waals surface area contributed by atoms with Crippen LogP contribution in [0.25, 0.3) is 11.6 Å². The van der Waals surface area contributed by atoms with E-state index in [1.165, 1.54) is 67.9 Å². The van der Waals surface area contributed by atoms with Gasteiger partial charge in [-0.1, -0.05) is 29.8 Å². The standard InChI is InChI=1S/C21H18ClFN2O3S2/c1-25(2)30(27,28)20-12-16(9-10-19(20)22)24-21(26)18(13-17-4-3-11-29-17)14-5-7-15(23)8-6-14/h3-13H,1-2H3,(H,24,26). The van der Waals surface area contributed by atoms with Crippen LogP contribution in [0.3, 0.4) is 0 Å². The molecule has 0 fully saturated rings. The van der Waals surface area contributed by atoms with E-state index in [4.69, 9.17) is 11.6 Å². The van der Waals surface area contributed by atoms with Crippen LogP contribution in [0, 0.1) is 5.82 Å². The molecule has 5 nitrogen and oxygen atoms in total. The minimum absolute atomic E-state index is 0.0505. The van der Waals surface area contributed by atoms with Gasteiger partial charge in [-0.05, 0) is 53.4 Å². The molecular weight excluding hydrogens is 447 g/mol. The molecule has 1 heterocycles. The van der Waals surface area contributed by atoms with E-state index >= 15 is 0 Å². The third-order valence-corrected chi connectivity index (χ3v) is 7.29. The number of sulfonamides is 1. The highest BCUT2D eigenvalue weighted by Gasteiger charge is 2.22. The molecule has 0 bridgehead atoms. The van der Waals surface area contributed by atoms with Crippen molar-refractivity contribution in [1.82, 2.24) is 4.31 Å². The van der Waals surface area contributed by atoms with Gasteiger partial charge in [0.05, 0.1) is 5.02 Å². The lowest BCUT2D eigenvalue weighted by molar-refractivity contribution is -0.111. The van der Waals surface area contributed by atoms with E-state index in [2.05, 4.69) is 5.32 Å². The van der Waals surface area contributed by atoms with Gasteiger partial charge in [0.15, 0.2) is 0 Å². The van der Waals surface area contributed by atoms with Crippen LogP contribution < -0.4 is 5.32 Å². The fraction of sp³-hybridized carbons (Fsp3) is 0.0952. The first kappa shape index (κ1) is 22.2. The number of halogens is 2. The van der Waals surface area contributed by atoms with Crippen LogP contribution in [0.5, 0.6) is 0 Å². The van der Waals surface area contributed by atoms with Gasteiger partial charge in [-0.3, -0.25) is 4.79 Å². The Hall–Kier alpha value is -2.52. The summed E-state index contributed by atoms with van der Waals surface area (Å²) in [5, 5.41) is 4.64. The van der Waals surface area contributed by atoms with E-state index in [1.807, 2.05) is 17.5 Å². The quantitative estimate of drug-likeness (QED) is 0.524. The molecule has 9 heteroatoms. The molecule has 0 aliphatic rings. The van der Waals surface area contributed by atoms with E-state index < -0.39 is 21.7 Å². The summed E-state index contributed by atoms with van der Waals surface area (Å²) in [6.07, 6.45) is 1.70. The Morgan fingerprint density at radius 1 is 1.13 bits per heavy atom. The van der Waals surface area contributed by atoms with Gasteiger partial charge in [-0.25, -0.2) is 17.1 Å². The van der Waals surface area contributed by atoms with Crippen molar-refractivity contribution in [3.05, 3.63) is 81.3 Å². The maximum absolute atomic E-state index is 13.3. The number of carbonyl (C=O) groups excluding carboxylic acids is 1. The molecule has 0 saturated carbocycles. The van der Waals surface area contributed by atoms with Crippen LogP contribution in [0.2, 0.25) is 5.02 Å². The minimum Gasteiger partial charge on any atom is -0.322 e. The molecular formula is C21H18ClFN2O3S2. The number of hydrogen-bond acceptors (Lipinski definition) is 4. The predicted molar refractivity (Wildman–Crippen MR) is 120 cm³/mol. The monoisotopic (exact) mass is 464 g/mol. The minimum atomic E-state index is -3.79. The summed E-state index contributed by atoms with van der Waals surface area (Å²) >= 11 is 7.52. The van der Waals surface area contributed by atoms with Crippen LogP contribution in [0.15, 0.2) is 64.9 Å². The average Bonchev–Trinajstić information content (AvgIpc) is 3.21. The van der Waals surface area contributed by atoms with E-state index in [0.717, 1.165) is 9.18 Å². The number of hydrogen-bond donors (Lipinski definition) is 1. The first-order valence-corrected chi connectivity index (χ1v) is 11.4. The summed E-state index contributed by atoms with van der Waals surface area (Å²) in [7, 11) is -0.996. The number of nitrogens with zero attached hydrogens (tertiary/aromatic N) is 1. The van der Waals surface area contributed by atoms with Gasteiger partial charge in [0.2, 0.25) is 10.0 Å². The van der Waals surface area contributed by atoms with Crippen molar-refractivity contribution in [2.75, 3.05) is 19.4 Å². The van der Waals surface area contributed by atoms with Crippen molar-refractivity contribution >= 4 is 56.2 Å². The zero-order chi connectivity index (χ0) is 21.9. The van der Waals surface area contributed by atoms with Crippen LogP contribution in [-0.2, 0) is 14.8 Å². The smallest absolute Gasteiger partial charge is 0.256 e. The highest BCUT2D eigenvalue weighted by atomic mass is 35.5. The van der Waals surface area contributed by atoms with E-state index in [9.17, 15) is 17.6 Å². The summed E-state index contributed by atoms with van der Waals surface area (Å²) in [6, 6.07) is 13.5. The second kappa shape index (κ2) is 9.09. The highest BCUT2D eigenvalue weighted by molar-refractivity contribution is 7.89.